The van der Waals surface area contributed by atoms with E-state index in [9.17, 15) is 34.5 Å². The van der Waals surface area contributed by atoms with Crippen LogP contribution < -0.4 is 4.74 Å². The van der Waals surface area contributed by atoms with Crippen molar-refractivity contribution in [3.05, 3.63) is 29.8 Å². The molecule has 1 aromatic rings. The molecule has 236 valence electrons. The second-order valence-corrected chi connectivity index (χ2v) is 10.4. The number of aliphatic carboxylic acids is 3. The molecule has 1 aliphatic rings. The summed E-state index contributed by atoms with van der Waals surface area (Å²) in [5.74, 6) is -2.68. The summed E-state index contributed by atoms with van der Waals surface area (Å²) >= 11 is 0. The Morgan fingerprint density at radius 2 is 1.19 bits per heavy atom. The van der Waals surface area contributed by atoms with E-state index < -0.39 is 29.9 Å². The third kappa shape index (κ3) is 13.6. The van der Waals surface area contributed by atoms with E-state index in [2.05, 4.69) is 6.92 Å². The van der Waals surface area contributed by atoms with Gasteiger partial charge in [-0.1, -0.05) is 25.5 Å². The number of ether oxygens (including phenoxy) is 2. The molecule has 0 amide bonds. The van der Waals surface area contributed by atoms with E-state index in [0.717, 1.165) is 24.2 Å². The van der Waals surface area contributed by atoms with Crippen LogP contribution >= 0.6 is 0 Å². The van der Waals surface area contributed by atoms with E-state index in [1.807, 2.05) is 29.2 Å². The number of rotatable bonds is 15. The average molecular weight is 595 g/mol. The largest absolute Gasteiger partial charge is 0.494 e. The number of esters is 1. The molecule has 1 atom stereocenters. The molecule has 0 saturated carbocycles. The van der Waals surface area contributed by atoms with Crippen LogP contribution in [-0.2, 0) is 30.3 Å². The van der Waals surface area contributed by atoms with Crippen LogP contribution in [0.1, 0.15) is 32.3 Å². The van der Waals surface area contributed by atoms with Crippen LogP contribution in [0.5, 0.6) is 5.75 Å². The maximum atomic E-state index is 13.3. The molecule has 1 fully saturated rings. The lowest BCUT2D eigenvalue weighted by atomic mass is 10.0. The normalized spacial score (nSPS) is 17.5. The van der Waals surface area contributed by atoms with Gasteiger partial charge in [0.2, 0.25) is 0 Å². The first-order valence-electron chi connectivity index (χ1n) is 14.6. The van der Waals surface area contributed by atoms with Crippen LogP contribution in [0.2, 0.25) is 0 Å². The van der Waals surface area contributed by atoms with Gasteiger partial charge >= 0.3 is 23.9 Å². The highest BCUT2D eigenvalue weighted by molar-refractivity contribution is 5.76. The van der Waals surface area contributed by atoms with Gasteiger partial charge in [-0.2, -0.15) is 0 Å². The number of nitrogens with zero attached hydrogens (tertiary/aromatic N) is 4. The zero-order valence-electron chi connectivity index (χ0n) is 24.8. The van der Waals surface area contributed by atoms with Gasteiger partial charge in [0.15, 0.2) is 0 Å². The fourth-order valence-electron chi connectivity index (χ4n) is 4.79. The molecule has 3 N–H and O–H groups in total. The molecule has 1 heterocycles. The Balaban J connectivity index is 2.31. The molecule has 1 aliphatic heterocycles. The highest BCUT2D eigenvalue weighted by Gasteiger charge is 2.29. The highest BCUT2D eigenvalue weighted by Crippen LogP contribution is 2.17. The second kappa shape index (κ2) is 19.0. The summed E-state index contributed by atoms with van der Waals surface area (Å²) in [5, 5.41) is 28.3. The molecular weight excluding hydrogens is 548 g/mol. The Labute approximate surface area is 247 Å². The molecule has 1 aromatic carbocycles. The van der Waals surface area contributed by atoms with Crippen LogP contribution in [0.4, 0.5) is 0 Å². The molecule has 0 spiro atoms. The monoisotopic (exact) mass is 594 g/mol. The summed E-state index contributed by atoms with van der Waals surface area (Å²) < 4.78 is 11.2. The number of benzene rings is 1. The molecule has 13 heteroatoms. The minimum Gasteiger partial charge on any atom is -0.494 e. The van der Waals surface area contributed by atoms with Crippen LogP contribution in [0.25, 0.3) is 0 Å². The first-order chi connectivity index (χ1) is 20.1. The van der Waals surface area contributed by atoms with Crippen LogP contribution in [0.15, 0.2) is 24.3 Å². The van der Waals surface area contributed by atoms with Crippen molar-refractivity contribution in [2.45, 2.75) is 39.2 Å². The van der Waals surface area contributed by atoms with Crippen LogP contribution in [-0.4, -0.2) is 150 Å². The smallest absolute Gasteiger partial charge is 0.323 e. The Morgan fingerprint density at radius 3 is 1.60 bits per heavy atom. The maximum Gasteiger partial charge on any atom is 0.323 e. The lowest BCUT2D eigenvalue weighted by Crippen LogP contribution is -2.52. The van der Waals surface area contributed by atoms with E-state index in [0.29, 0.717) is 65.4 Å². The standard InChI is InChI=1S/C29H46N4O9/c1-3-5-18-42-24-8-6-23(7-9-24)19-25(29(40)41-4-2)33-16-14-31(21-27(36)37)12-10-30(20-26(34)35)11-13-32(15-17-33)22-28(38)39/h6-9,25H,3-5,10-22H2,1-2H3,(H,34,35)(H,36,37)(H,38,39)/t25-/m1/s1. The summed E-state index contributed by atoms with van der Waals surface area (Å²) in [5.41, 5.74) is 0.899. The topological polar surface area (TPSA) is 160 Å². The van der Waals surface area contributed by atoms with Gasteiger partial charge in [0.1, 0.15) is 11.8 Å². The Morgan fingerprint density at radius 1 is 0.738 bits per heavy atom. The van der Waals surface area contributed by atoms with E-state index >= 15 is 0 Å². The molecule has 0 bridgehead atoms. The summed E-state index contributed by atoms with van der Waals surface area (Å²) in [4.78, 5) is 54.9. The van der Waals surface area contributed by atoms with E-state index in [1.54, 1.807) is 21.6 Å². The summed E-state index contributed by atoms with van der Waals surface area (Å²) in [6, 6.07) is 6.88. The lowest BCUT2D eigenvalue weighted by molar-refractivity contribution is -0.150. The molecule has 13 nitrogen and oxygen atoms in total. The number of hydrogen-bond donors (Lipinski definition) is 3. The van der Waals surface area contributed by atoms with Crippen molar-refractivity contribution < 1.29 is 44.0 Å². The molecule has 1 saturated heterocycles. The van der Waals surface area contributed by atoms with Crippen LogP contribution in [0.3, 0.4) is 0 Å². The minimum absolute atomic E-state index is 0.197. The summed E-state index contributed by atoms with van der Waals surface area (Å²) in [6.45, 7) is 6.44. The second-order valence-electron chi connectivity index (χ2n) is 10.4. The van der Waals surface area contributed by atoms with Gasteiger partial charge in [0, 0.05) is 52.4 Å². The van der Waals surface area contributed by atoms with Crippen molar-refractivity contribution in [2.75, 3.05) is 85.2 Å². The maximum absolute atomic E-state index is 13.3. The zero-order chi connectivity index (χ0) is 30.9. The van der Waals surface area contributed by atoms with Gasteiger partial charge in [0.25, 0.3) is 0 Å². The number of carbonyl (C=O) groups is 4. The van der Waals surface area contributed by atoms with Gasteiger partial charge in [0.05, 0.1) is 32.8 Å². The summed E-state index contributed by atoms with van der Waals surface area (Å²) in [6.07, 6.45) is 2.33. The van der Waals surface area contributed by atoms with Crippen molar-refractivity contribution in [2.24, 2.45) is 0 Å². The molecule has 0 radical (unpaired) electrons. The first-order valence-corrected chi connectivity index (χ1v) is 14.6. The molecule has 42 heavy (non-hydrogen) atoms. The fraction of sp³-hybridized carbons (Fsp3) is 0.655. The average Bonchev–Trinajstić information content (AvgIpc) is 2.92. The van der Waals surface area contributed by atoms with Crippen molar-refractivity contribution in [1.29, 1.82) is 0 Å². The van der Waals surface area contributed by atoms with Gasteiger partial charge in [-0.05, 0) is 37.5 Å². The van der Waals surface area contributed by atoms with E-state index in [4.69, 9.17) is 9.47 Å². The van der Waals surface area contributed by atoms with Crippen molar-refractivity contribution >= 4 is 23.9 Å². The Hall–Kier alpha value is -3.26. The molecule has 0 aromatic heterocycles. The number of hydrogen-bond acceptors (Lipinski definition) is 10. The lowest BCUT2D eigenvalue weighted by Gasteiger charge is -2.36. The van der Waals surface area contributed by atoms with Gasteiger partial charge < -0.3 is 24.8 Å². The zero-order valence-corrected chi connectivity index (χ0v) is 24.8. The number of carboxylic acids is 3. The van der Waals surface area contributed by atoms with Gasteiger partial charge in [-0.3, -0.25) is 38.8 Å². The van der Waals surface area contributed by atoms with Crippen LogP contribution in [0, 0.1) is 0 Å². The molecule has 2 rings (SSSR count). The molecule has 0 unspecified atom stereocenters. The molecule has 0 aliphatic carbocycles. The highest BCUT2D eigenvalue weighted by atomic mass is 16.5. The quantitative estimate of drug-likeness (QED) is 0.194. The predicted molar refractivity (Wildman–Crippen MR) is 155 cm³/mol. The SMILES string of the molecule is CCCCOc1ccc(C[C@H](C(=O)OCC)N2CCN(CC(=O)O)CCN(CC(=O)O)CCN(CC(=O)O)CC2)cc1. The minimum atomic E-state index is -1.01. The first kappa shape index (κ1) is 34.9. The Kier molecular flexibility index (Phi) is 15.8. The number of carbonyl (C=O) groups excluding carboxylic acids is 1. The van der Waals surface area contributed by atoms with Crippen molar-refractivity contribution in [1.82, 2.24) is 19.6 Å². The number of carboxylic acid groups (broad SMARTS) is 3. The molecular formula is C29H46N4O9. The fourth-order valence-corrected chi connectivity index (χ4v) is 4.79. The van der Waals surface area contributed by atoms with Gasteiger partial charge in [-0.25, -0.2) is 0 Å². The van der Waals surface area contributed by atoms with Crippen molar-refractivity contribution in [3.8, 4) is 5.75 Å². The predicted octanol–water partition coefficient (Wildman–Crippen LogP) is 0.815. The van der Waals surface area contributed by atoms with E-state index in [1.165, 1.54) is 0 Å². The van der Waals surface area contributed by atoms with E-state index in [-0.39, 0.29) is 26.2 Å². The Bertz CT molecular complexity index is 960. The summed E-state index contributed by atoms with van der Waals surface area (Å²) in [7, 11) is 0. The third-order valence-electron chi connectivity index (χ3n) is 7.07. The number of unbranched alkanes of at least 4 members (excludes halogenated alkanes) is 1. The van der Waals surface area contributed by atoms with Gasteiger partial charge in [-0.15, -0.1) is 0 Å². The third-order valence-corrected chi connectivity index (χ3v) is 7.07. The van der Waals surface area contributed by atoms with Crippen molar-refractivity contribution in [3.63, 3.8) is 0 Å².